The van der Waals surface area contributed by atoms with Gasteiger partial charge in [-0.25, -0.2) is 0 Å². The van der Waals surface area contributed by atoms with Crippen molar-refractivity contribution < 1.29 is 14.3 Å². The largest absolute Gasteiger partial charge is 0.468 e. The summed E-state index contributed by atoms with van der Waals surface area (Å²) in [7, 11) is 1.28. The Morgan fingerprint density at radius 1 is 1.39 bits per heavy atom. The molecule has 0 heterocycles. The molecule has 0 fully saturated rings. The number of esters is 1. The van der Waals surface area contributed by atoms with Gasteiger partial charge in [-0.1, -0.05) is 23.7 Å². The van der Waals surface area contributed by atoms with Gasteiger partial charge in [0.1, 0.15) is 6.54 Å². The Bertz CT molecular complexity index is 426. The molecule has 6 heteroatoms. The van der Waals surface area contributed by atoms with Gasteiger partial charge in [0.2, 0.25) is 5.91 Å². The second-order valence-electron chi connectivity index (χ2n) is 3.38. The van der Waals surface area contributed by atoms with Crippen molar-refractivity contribution in [2.24, 2.45) is 0 Å². The summed E-state index contributed by atoms with van der Waals surface area (Å²) in [6.07, 6.45) is 0.326. The normalized spacial score (nSPS) is 9.89. The molecule has 1 N–H and O–H groups in total. The molecule has 0 bridgehead atoms. The number of nitrogens with one attached hydrogen (secondary N) is 1. The van der Waals surface area contributed by atoms with Crippen molar-refractivity contribution in [3.05, 3.63) is 29.3 Å². The average molecular weight is 288 g/mol. The Hall–Kier alpha value is -1.20. The number of ether oxygens (including phenoxy) is 1. The van der Waals surface area contributed by atoms with Crippen LogP contribution < -0.4 is 5.32 Å². The summed E-state index contributed by atoms with van der Waals surface area (Å²) in [4.78, 5) is 23.1. The second-order valence-corrected chi connectivity index (χ2v) is 4.93. The molecule has 0 spiro atoms. The summed E-state index contributed by atoms with van der Waals surface area (Å²) in [6.45, 7) is -0.0912. The number of carbonyl (C=O) groups is 2. The lowest BCUT2D eigenvalue weighted by Crippen LogP contribution is -2.30. The van der Waals surface area contributed by atoms with E-state index in [0.29, 0.717) is 17.2 Å². The summed E-state index contributed by atoms with van der Waals surface area (Å²) < 4.78 is 4.41. The van der Waals surface area contributed by atoms with Crippen LogP contribution in [0.3, 0.4) is 0 Å². The molecule has 0 radical (unpaired) electrons. The first-order chi connectivity index (χ1) is 8.63. The minimum absolute atomic E-state index is 0.0912. The molecule has 98 valence electrons. The summed E-state index contributed by atoms with van der Waals surface area (Å²) in [5, 5.41) is 3.15. The molecule has 1 aromatic rings. The van der Waals surface area contributed by atoms with E-state index in [-0.39, 0.29) is 12.5 Å². The molecule has 0 saturated heterocycles. The molecular weight excluding hydrogens is 274 g/mol. The quantitative estimate of drug-likeness (QED) is 0.643. The van der Waals surface area contributed by atoms with E-state index in [9.17, 15) is 9.59 Å². The number of carbonyl (C=O) groups excluding carboxylic acids is 2. The van der Waals surface area contributed by atoms with Gasteiger partial charge in [-0.2, -0.15) is 0 Å². The summed E-state index contributed by atoms with van der Waals surface area (Å²) in [5.41, 5.74) is 0. The van der Waals surface area contributed by atoms with E-state index in [1.165, 1.54) is 18.9 Å². The lowest BCUT2D eigenvalue weighted by atomic mass is 10.4. The van der Waals surface area contributed by atoms with Gasteiger partial charge in [0, 0.05) is 17.1 Å². The third-order valence-corrected chi connectivity index (χ3v) is 3.60. The van der Waals surface area contributed by atoms with Crippen molar-refractivity contribution in [1.82, 2.24) is 5.32 Å². The van der Waals surface area contributed by atoms with Gasteiger partial charge >= 0.3 is 5.97 Å². The van der Waals surface area contributed by atoms with Gasteiger partial charge in [0.05, 0.1) is 12.1 Å². The van der Waals surface area contributed by atoms with Crippen molar-refractivity contribution in [2.75, 3.05) is 19.4 Å². The first-order valence-corrected chi connectivity index (χ1v) is 6.70. The molecule has 0 unspecified atom stereocenters. The van der Waals surface area contributed by atoms with Crippen LogP contribution in [0.4, 0.5) is 0 Å². The number of hydrogen-bond acceptors (Lipinski definition) is 4. The highest BCUT2D eigenvalue weighted by Crippen LogP contribution is 2.26. The maximum Gasteiger partial charge on any atom is 0.325 e. The molecule has 1 aromatic carbocycles. The van der Waals surface area contributed by atoms with Crippen LogP contribution in [-0.2, 0) is 14.3 Å². The number of benzene rings is 1. The van der Waals surface area contributed by atoms with Gasteiger partial charge in [-0.05, 0) is 12.1 Å². The van der Waals surface area contributed by atoms with E-state index in [1.807, 2.05) is 18.2 Å². The molecule has 18 heavy (non-hydrogen) atoms. The maximum absolute atomic E-state index is 11.4. The molecule has 0 aromatic heterocycles. The smallest absolute Gasteiger partial charge is 0.325 e. The highest BCUT2D eigenvalue weighted by Gasteiger charge is 2.06. The number of amides is 1. The van der Waals surface area contributed by atoms with Crippen molar-refractivity contribution >= 4 is 35.2 Å². The summed E-state index contributed by atoms with van der Waals surface area (Å²) >= 11 is 7.48. The van der Waals surface area contributed by atoms with Crippen molar-refractivity contribution in [3.8, 4) is 0 Å². The van der Waals surface area contributed by atoms with Crippen molar-refractivity contribution in [1.29, 1.82) is 0 Å². The first kappa shape index (κ1) is 14.9. The molecule has 0 aliphatic heterocycles. The SMILES string of the molecule is COC(=O)CNC(=O)CCSc1ccccc1Cl. The van der Waals surface area contributed by atoms with Gasteiger partial charge in [0.15, 0.2) is 0 Å². The first-order valence-electron chi connectivity index (χ1n) is 5.34. The zero-order valence-electron chi connectivity index (χ0n) is 9.94. The van der Waals surface area contributed by atoms with Gasteiger partial charge in [-0.3, -0.25) is 9.59 Å². The zero-order valence-corrected chi connectivity index (χ0v) is 11.5. The Labute approximate surface area is 115 Å². The molecule has 0 saturated carbocycles. The lowest BCUT2D eigenvalue weighted by molar-refractivity contribution is -0.141. The topological polar surface area (TPSA) is 55.4 Å². The fourth-order valence-corrected chi connectivity index (χ4v) is 2.33. The molecule has 1 rings (SSSR count). The fourth-order valence-electron chi connectivity index (χ4n) is 1.15. The molecule has 0 aliphatic rings. The highest BCUT2D eigenvalue weighted by atomic mass is 35.5. The Morgan fingerprint density at radius 3 is 2.78 bits per heavy atom. The third-order valence-electron chi connectivity index (χ3n) is 2.08. The van der Waals surface area contributed by atoms with Crippen LogP contribution in [0.15, 0.2) is 29.2 Å². The number of halogens is 1. The molecule has 1 amide bonds. The third kappa shape index (κ3) is 5.42. The molecule has 4 nitrogen and oxygen atoms in total. The molecular formula is C12H14ClNO3S. The standard InChI is InChI=1S/C12H14ClNO3S/c1-17-12(16)8-14-11(15)6-7-18-10-5-3-2-4-9(10)13/h2-5H,6-8H2,1H3,(H,14,15). The van der Waals surface area contributed by atoms with Crippen LogP contribution in [0.1, 0.15) is 6.42 Å². The van der Waals surface area contributed by atoms with Gasteiger partial charge in [0.25, 0.3) is 0 Å². The monoisotopic (exact) mass is 287 g/mol. The van der Waals surface area contributed by atoms with Crippen LogP contribution >= 0.6 is 23.4 Å². The van der Waals surface area contributed by atoms with E-state index in [1.54, 1.807) is 6.07 Å². The van der Waals surface area contributed by atoms with E-state index in [0.717, 1.165) is 4.90 Å². The fraction of sp³-hybridized carbons (Fsp3) is 0.333. The Balaban J connectivity index is 2.24. The van der Waals surface area contributed by atoms with Crippen LogP contribution in [-0.4, -0.2) is 31.3 Å². The number of hydrogen-bond donors (Lipinski definition) is 1. The van der Waals surface area contributed by atoms with Gasteiger partial charge < -0.3 is 10.1 Å². The van der Waals surface area contributed by atoms with Crippen molar-refractivity contribution in [2.45, 2.75) is 11.3 Å². The maximum atomic E-state index is 11.4. The zero-order chi connectivity index (χ0) is 13.4. The van der Waals surface area contributed by atoms with Gasteiger partial charge in [-0.15, -0.1) is 11.8 Å². The number of methoxy groups -OCH3 is 1. The van der Waals surface area contributed by atoms with Crippen LogP contribution in [0.5, 0.6) is 0 Å². The molecule has 0 aliphatic carbocycles. The highest BCUT2D eigenvalue weighted by molar-refractivity contribution is 7.99. The molecule has 0 atom stereocenters. The predicted molar refractivity (Wildman–Crippen MR) is 71.8 cm³/mol. The Kier molecular flexibility index (Phi) is 6.60. The lowest BCUT2D eigenvalue weighted by Gasteiger charge is -2.05. The van der Waals surface area contributed by atoms with E-state index < -0.39 is 5.97 Å². The van der Waals surface area contributed by atoms with Crippen molar-refractivity contribution in [3.63, 3.8) is 0 Å². The van der Waals surface area contributed by atoms with Crippen LogP contribution in [0, 0.1) is 0 Å². The Morgan fingerprint density at radius 2 is 2.11 bits per heavy atom. The second kappa shape index (κ2) is 8.00. The van der Waals surface area contributed by atoms with Crippen LogP contribution in [0.25, 0.3) is 0 Å². The van der Waals surface area contributed by atoms with E-state index >= 15 is 0 Å². The minimum Gasteiger partial charge on any atom is -0.468 e. The minimum atomic E-state index is -0.456. The van der Waals surface area contributed by atoms with E-state index in [4.69, 9.17) is 11.6 Å². The summed E-state index contributed by atoms with van der Waals surface area (Å²) in [6, 6.07) is 7.46. The number of thioether (sulfide) groups is 1. The summed E-state index contributed by atoms with van der Waals surface area (Å²) in [5.74, 6) is -0.0291. The predicted octanol–water partition coefficient (Wildman–Crippen LogP) is 2.11. The average Bonchev–Trinajstić information content (AvgIpc) is 2.38. The van der Waals surface area contributed by atoms with E-state index in [2.05, 4.69) is 10.1 Å². The number of rotatable bonds is 6. The van der Waals surface area contributed by atoms with Crippen LogP contribution in [0.2, 0.25) is 5.02 Å².